The van der Waals surface area contributed by atoms with Gasteiger partial charge in [0.05, 0.1) is 23.5 Å². The number of pyridine rings is 1. The summed E-state index contributed by atoms with van der Waals surface area (Å²) in [6.45, 7) is 8.03. The number of hydrogen-bond donors (Lipinski definition) is 6. The monoisotopic (exact) mass is 517 g/mol. The normalized spacial score (nSPS) is 25.6. The number of fused-ring (bicyclic) bond motifs is 1. The van der Waals surface area contributed by atoms with Gasteiger partial charge in [-0.1, -0.05) is 0 Å². The Kier molecular flexibility index (Phi) is 6.92. The van der Waals surface area contributed by atoms with Crippen LogP contribution in [-0.4, -0.2) is 58.2 Å². The predicted octanol–water partition coefficient (Wildman–Crippen LogP) is 0.507. The molecule has 4 unspecified atom stereocenters. The minimum Gasteiger partial charge on any atom is -0.404 e. The number of aliphatic hydroxyl groups is 1. The minimum atomic E-state index is -1.02. The highest BCUT2D eigenvalue weighted by molar-refractivity contribution is 6.06. The summed E-state index contributed by atoms with van der Waals surface area (Å²) in [6.07, 6.45) is 12.1. The second kappa shape index (κ2) is 10.2. The Labute approximate surface area is 223 Å². The molecule has 5 rings (SSSR count). The van der Waals surface area contributed by atoms with Crippen molar-refractivity contribution in [3.63, 3.8) is 0 Å². The summed E-state index contributed by atoms with van der Waals surface area (Å²) >= 11 is 0. The number of nitrogens with two attached hydrogens (primary N) is 1. The zero-order valence-electron chi connectivity index (χ0n) is 22.3. The first-order valence-corrected chi connectivity index (χ1v) is 13.2. The molecule has 0 aromatic carbocycles. The van der Waals surface area contributed by atoms with Gasteiger partial charge in [-0.3, -0.25) is 19.8 Å². The Hall–Kier alpha value is -3.79. The molecule has 4 aliphatic rings. The summed E-state index contributed by atoms with van der Waals surface area (Å²) in [6, 6.07) is 2.16. The number of rotatable bonds is 7. The van der Waals surface area contributed by atoms with E-state index in [0.717, 1.165) is 41.8 Å². The number of amidine groups is 1. The fourth-order valence-corrected chi connectivity index (χ4v) is 4.50. The van der Waals surface area contributed by atoms with E-state index in [4.69, 9.17) is 5.73 Å². The Morgan fingerprint density at radius 3 is 2.84 bits per heavy atom. The standard InChI is InChI=1S/C28H36N8O2/c1-15-19(9-18(14-31-15)33-27(38)17(12-29)13-32-28(2,3)4)22-7-8-30-25(35-22)21-11-24(34-23-10-20(21)23)36-26(37)16-5-6-16/h7-9,11-14,16,20,23,25,27,33,35,38H,5-6,10,29H2,1-4H3,(H,34,36,37)/p+1/b17-12+,32-13?. The van der Waals surface area contributed by atoms with Crippen LogP contribution in [0.25, 0.3) is 5.70 Å². The fraction of sp³-hybridized carbons (Fsp3) is 0.464. The lowest BCUT2D eigenvalue weighted by Crippen LogP contribution is -2.82. The quantitative estimate of drug-likeness (QED) is 0.229. The van der Waals surface area contributed by atoms with Crippen LogP contribution in [0.15, 0.2) is 51.7 Å². The van der Waals surface area contributed by atoms with Gasteiger partial charge in [-0.25, -0.2) is 4.99 Å². The zero-order chi connectivity index (χ0) is 27.0. The molecule has 2 saturated carbocycles. The number of dihydropyridines is 1. The number of nitrogens with one attached hydrogen (secondary N) is 4. The third-order valence-electron chi connectivity index (χ3n) is 6.94. The smallest absolute Gasteiger partial charge is 0.228 e. The SMILES string of the molecule is Cc1ncc(NC(O)/C(C=[NH+]C(C)(C)C)=C/N)cc1C1=CC=NC(C2=CC(NC(=O)C3CC3)=NC3CC23)N1. The van der Waals surface area contributed by atoms with Crippen LogP contribution in [0.2, 0.25) is 0 Å². The number of carbonyl (C=O) groups is 1. The molecule has 4 atom stereocenters. The van der Waals surface area contributed by atoms with Crippen molar-refractivity contribution in [3.05, 3.63) is 53.0 Å². The van der Waals surface area contributed by atoms with Crippen LogP contribution >= 0.6 is 0 Å². The van der Waals surface area contributed by atoms with Crippen molar-refractivity contribution < 1.29 is 14.9 Å². The van der Waals surface area contributed by atoms with E-state index in [-0.39, 0.29) is 29.6 Å². The molecular weight excluding hydrogens is 480 g/mol. The molecule has 0 bridgehead atoms. The van der Waals surface area contributed by atoms with Crippen LogP contribution < -0.4 is 26.7 Å². The number of nitrogens with zero attached hydrogens (tertiary/aromatic N) is 3. The minimum absolute atomic E-state index is 0.0618. The molecule has 38 heavy (non-hydrogen) atoms. The topological polar surface area (TPSA) is 151 Å². The number of carbonyl (C=O) groups excluding carboxylic acids is 1. The summed E-state index contributed by atoms with van der Waals surface area (Å²) in [4.78, 5) is 29.4. The van der Waals surface area contributed by atoms with Crippen LogP contribution in [0, 0.1) is 18.8 Å². The number of allylic oxidation sites excluding steroid dienone is 1. The summed E-state index contributed by atoms with van der Waals surface area (Å²) in [5, 5.41) is 20.4. The average molecular weight is 518 g/mol. The Morgan fingerprint density at radius 1 is 1.34 bits per heavy atom. The van der Waals surface area contributed by atoms with E-state index in [0.29, 0.717) is 23.0 Å². The lowest BCUT2D eigenvalue weighted by molar-refractivity contribution is -0.533. The first-order chi connectivity index (χ1) is 18.1. The molecule has 10 heteroatoms. The maximum atomic E-state index is 12.3. The van der Waals surface area contributed by atoms with Gasteiger partial charge >= 0.3 is 0 Å². The van der Waals surface area contributed by atoms with Gasteiger partial charge in [-0.05, 0) is 70.7 Å². The van der Waals surface area contributed by atoms with Crippen molar-refractivity contribution in [2.75, 3.05) is 5.32 Å². The number of aliphatic imine (C=N–C) groups is 2. The highest BCUT2D eigenvalue weighted by atomic mass is 16.3. The molecule has 10 nitrogen and oxygen atoms in total. The molecule has 1 aromatic heterocycles. The van der Waals surface area contributed by atoms with Crippen molar-refractivity contribution in [1.82, 2.24) is 15.6 Å². The van der Waals surface area contributed by atoms with Crippen molar-refractivity contribution in [2.24, 2.45) is 27.6 Å². The summed E-state index contributed by atoms with van der Waals surface area (Å²) < 4.78 is 0. The first-order valence-electron chi connectivity index (χ1n) is 13.2. The van der Waals surface area contributed by atoms with Crippen LogP contribution in [0.1, 0.15) is 51.3 Å². The molecule has 3 heterocycles. The number of amides is 1. The molecular formula is C28H37N8O2+. The average Bonchev–Trinajstić information content (AvgIpc) is 3.79. The Morgan fingerprint density at radius 2 is 2.13 bits per heavy atom. The first kappa shape index (κ1) is 25.8. The van der Waals surface area contributed by atoms with Crippen molar-refractivity contribution >= 4 is 35.6 Å². The van der Waals surface area contributed by atoms with E-state index >= 15 is 0 Å². The lowest BCUT2D eigenvalue weighted by atomic mass is 10.0. The second-order valence-corrected chi connectivity index (χ2v) is 11.4. The van der Waals surface area contributed by atoms with Crippen LogP contribution in [0.3, 0.4) is 0 Å². The largest absolute Gasteiger partial charge is 0.404 e. The number of hydrogen-bond acceptors (Lipinski definition) is 8. The lowest BCUT2D eigenvalue weighted by Gasteiger charge is -2.26. The van der Waals surface area contributed by atoms with Gasteiger partial charge in [0.1, 0.15) is 12.0 Å². The van der Waals surface area contributed by atoms with Crippen LogP contribution in [0.5, 0.6) is 0 Å². The molecule has 200 valence electrons. The molecule has 2 aliphatic heterocycles. The van der Waals surface area contributed by atoms with Crippen molar-refractivity contribution in [3.8, 4) is 0 Å². The molecule has 1 amide bonds. The second-order valence-electron chi connectivity index (χ2n) is 11.4. The van der Waals surface area contributed by atoms with Crippen LogP contribution in [0.4, 0.5) is 5.69 Å². The van der Waals surface area contributed by atoms with E-state index < -0.39 is 6.23 Å². The molecule has 2 fully saturated rings. The van der Waals surface area contributed by atoms with Gasteiger partial charge in [0, 0.05) is 41.2 Å². The molecule has 7 N–H and O–H groups in total. The van der Waals surface area contributed by atoms with E-state index in [1.165, 1.54) is 6.20 Å². The van der Waals surface area contributed by atoms with E-state index in [2.05, 4.69) is 35.9 Å². The van der Waals surface area contributed by atoms with E-state index in [1.807, 2.05) is 45.9 Å². The van der Waals surface area contributed by atoms with Gasteiger partial charge in [0.2, 0.25) is 5.91 Å². The van der Waals surface area contributed by atoms with Crippen molar-refractivity contribution in [2.45, 2.75) is 70.9 Å². The number of anilines is 1. The molecule has 0 spiro atoms. The van der Waals surface area contributed by atoms with E-state index in [1.54, 1.807) is 18.6 Å². The summed E-state index contributed by atoms with van der Waals surface area (Å²) in [7, 11) is 0. The van der Waals surface area contributed by atoms with Gasteiger partial charge in [0.15, 0.2) is 18.0 Å². The molecule has 1 aromatic rings. The van der Waals surface area contributed by atoms with Gasteiger partial charge in [0.25, 0.3) is 0 Å². The Bertz CT molecular complexity index is 1300. The maximum absolute atomic E-state index is 12.3. The predicted molar refractivity (Wildman–Crippen MR) is 149 cm³/mol. The highest BCUT2D eigenvalue weighted by Crippen LogP contribution is 2.44. The third-order valence-corrected chi connectivity index (χ3v) is 6.94. The molecule has 0 radical (unpaired) electrons. The van der Waals surface area contributed by atoms with Gasteiger partial charge in [-0.15, -0.1) is 0 Å². The van der Waals surface area contributed by atoms with Gasteiger partial charge < -0.3 is 26.8 Å². The molecule has 0 saturated heterocycles. The van der Waals surface area contributed by atoms with Gasteiger partial charge in [-0.2, -0.15) is 0 Å². The van der Waals surface area contributed by atoms with E-state index in [9.17, 15) is 9.90 Å². The third kappa shape index (κ3) is 6.02. The van der Waals surface area contributed by atoms with Crippen LogP contribution in [-0.2, 0) is 4.79 Å². The zero-order valence-corrected chi connectivity index (χ0v) is 22.3. The summed E-state index contributed by atoms with van der Waals surface area (Å²) in [5.74, 6) is 1.17. The number of aliphatic hydroxyl groups excluding tert-OH is 1. The summed E-state index contributed by atoms with van der Waals surface area (Å²) in [5.41, 5.74) is 10.5. The molecule has 2 aliphatic carbocycles. The number of aryl methyl sites for hydroxylation is 1. The highest BCUT2D eigenvalue weighted by Gasteiger charge is 2.45. The van der Waals surface area contributed by atoms with Crippen molar-refractivity contribution in [1.29, 1.82) is 0 Å². The fourth-order valence-electron chi connectivity index (χ4n) is 4.50. The Balaban J connectivity index is 1.30. The maximum Gasteiger partial charge on any atom is 0.228 e. The number of aromatic nitrogens is 1.